The highest BCUT2D eigenvalue weighted by molar-refractivity contribution is 7.99. The number of hydrogen-bond donors (Lipinski definition) is 0. The van der Waals surface area contributed by atoms with Crippen molar-refractivity contribution in [3.63, 3.8) is 0 Å². The Hall–Kier alpha value is -2.48. The third kappa shape index (κ3) is 5.01. The number of carbonyl (C=O) groups is 2. The summed E-state index contributed by atoms with van der Waals surface area (Å²) in [6, 6.07) is 5.82. The second-order valence-corrected chi connectivity index (χ2v) is 6.41. The number of esters is 2. The molecule has 0 radical (unpaired) electrons. The first kappa shape index (κ1) is 19.8. The lowest BCUT2D eigenvalue weighted by Gasteiger charge is -2.10. The van der Waals surface area contributed by atoms with Gasteiger partial charge in [0.1, 0.15) is 6.33 Å². The molecule has 26 heavy (non-hydrogen) atoms. The SMILES string of the molecule is CCOC(=O)C(C=Nc1ncnc2ccc(SCC)cc12)C(=O)OCC. The van der Waals surface area contributed by atoms with Crippen molar-refractivity contribution in [2.45, 2.75) is 25.7 Å². The van der Waals surface area contributed by atoms with Crippen LogP contribution in [0.15, 0.2) is 34.4 Å². The molecule has 0 N–H and O–H groups in total. The Balaban J connectivity index is 2.37. The molecule has 0 bridgehead atoms. The van der Waals surface area contributed by atoms with E-state index in [1.807, 2.05) is 18.2 Å². The molecule has 1 aromatic heterocycles. The summed E-state index contributed by atoms with van der Waals surface area (Å²) >= 11 is 1.69. The smallest absolute Gasteiger partial charge is 0.325 e. The van der Waals surface area contributed by atoms with E-state index in [4.69, 9.17) is 9.47 Å². The summed E-state index contributed by atoms with van der Waals surface area (Å²) < 4.78 is 9.86. The van der Waals surface area contributed by atoms with Crippen molar-refractivity contribution in [1.82, 2.24) is 9.97 Å². The third-order valence-electron chi connectivity index (χ3n) is 3.32. The summed E-state index contributed by atoms with van der Waals surface area (Å²) in [5.41, 5.74) is 0.733. The number of hydrogen-bond acceptors (Lipinski definition) is 8. The number of carbonyl (C=O) groups excluding carboxylic acids is 2. The van der Waals surface area contributed by atoms with Crippen LogP contribution in [0.1, 0.15) is 20.8 Å². The van der Waals surface area contributed by atoms with Gasteiger partial charge in [-0.25, -0.2) is 15.0 Å². The molecule has 0 aliphatic heterocycles. The number of rotatable bonds is 8. The molecular formula is C18H21N3O4S. The molecule has 0 spiro atoms. The van der Waals surface area contributed by atoms with Gasteiger partial charge in [-0.1, -0.05) is 6.92 Å². The lowest BCUT2D eigenvalue weighted by atomic mass is 10.1. The summed E-state index contributed by atoms with van der Waals surface area (Å²) in [6.45, 7) is 5.73. The van der Waals surface area contributed by atoms with Gasteiger partial charge >= 0.3 is 11.9 Å². The van der Waals surface area contributed by atoms with Crippen molar-refractivity contribution in [3.05, 3.63) is 24.5 Å². The topological polar surface area (TPSA) is 90.7 Å². The van der Waals surface area contributed by atoms with Gasteiger partial charge in [-0.3, -0.25) is 9.59 Å². The normalized spacial score (nSPS) is 11.2. The van der Waals surface area contributed by atoms with Gasteiger partial charge < -0.3 is 9.47 Å². The Morgan fingerprint density at radius 1 is 1.15 bits per heavy atom. The number of benzene rings is 1. The zero-order chi connectivity index (χ0) is 18.9. The fourth-order valence-corrected chi connectivity index (χ4v) is 2.91. The number of fused-ring (bicyclic) bond motifs is 1. The van der Waals surface area contributed by atoms with Crippen molar-refractivity contribution < 1.29 is 19.1 Å². The molecule has 0 saturated heterocycles. The Morgan fingerprint density at radius 2 is 1.85 bits per heavy atom. The maximum Gasteiger partial charge on any atom is 0.325 e. The van der Waals surface area contributed by atoms with Crippen molar-refractivity contribution in [1.29, 1.82) is 0 Å². The van der Waals surface area contributed by atoms with E-state index in [1.54, 1.807) is 25.6 Å². The van der Waals surface area contributed by atoms with E-state index in [0.717, 1.165) is 21.6 Å². The average Bonchev–Trinajstić information content (AvgIpc) is 2.63. The molecular weight excluding hydrogens is 354 g/mol. The van der Waals surface area contributed by atoms with Crippen molar-refractivity contribution in [2.24, 2.45) is 10.9 Å². The van der Waals surface area contributed by atoms with E-state index in [9.17, 15) is 9.59 Å². The predicted molar refractivity (Wildman–Crippen MR) is 101 cm³/mol. The maximum absolute atomic E-state index is 12.0. The molecule has 0 saturated carbocycles. The van der Waals surface area contributed by atoms with Gasteiger partial charge in [-0.2, -0.15) is 0 Å². The first-order valence-electron chi connectivity index (χ1n) is 8.35. The van der Waals surface area contributed by atoms with Crippen LogP contribution >= 0.6 is 11.8 Å². The minimum absolute atomic E-state index is 0.163. The van der Waals surface area contributed by atoms with Crippen LogP contribution in [0.4, 0.5) is 5.82 Å². The first-order chi connectivity index (χ1) is 12.6. The molecule has 8 heteroatoms. The van der Waals surface area contributed by atoms with Gasteiger partial charge in [0, 0.05) is 16.5 Å². The number of thioether (sulfide) groups is 1. The summed E-state index contributed by atoms with van der Waals surface area (Å²) in [6.07, 6.45) is 2.61. The molecule has 1 heterocycles. The van der Waals surface area contributed by atoms with Crippen molar-refractivity contribution in [2.75, 3.05) is 19.0 Å². The Bertz CT molecular complexity index is 792. The highest BCUT2D eigenvalue weighted by Gasteiger charge is 2.27. The summed E-state index contributed by atoms with van der Waals surface area (Å²) in [5, 5.41) is 0.744. The number of aromatic nitrogens is 2. The lowest BCUT2D eigenvalue weighted by Crippen LogP contribution is -2.29. The lowest BCUT2D eigenvalue weighted by molar-refractivity contribution is -0.157. The maximum atomic E-state index is 12.0. The molecule has 1 aromatic carbocycles. The fourth-order valence-electron chi connectivity index (χ4n) is 2.21. The van der Waals surface area contributed by atoms with Crippen LogP contribution in [0.25, 0.3) is 10.9 Å². The molecule has 0 atom stereocenters. The quantitative estimate of drug-likeness (QED) is 0.303. The average molecular weight is 375 g/mol. The van der Waals surface area contributed by atoms with Crippen LogP contribution < -0.4 is 0 Å². The summed E-state index contributed by atoms with van der Waals surface area (Å²) in [5.74, 6) is -1.31. The van der Waals surface area contributed by atoms with Gasteiger partial charge in [0.05, 0.1) is 18.7 Å². The van der Waals surface area contributed by atoms with E-state index in [2.05, 4.69) is 21.9 Å². The van der Waals surface area contributed by atoms with Gasteiger partial charge in [0.2, 0.25) is 0 Å². The molecule has 7 nitrogen and oxygen atoms in total. The van der Waals surface area contributed by atoms with Crippen molar-refractivity contribution >= 4 is 46.6 Å². The largest absolute Gasteiger partial charge is 0.465 e. The van der Waals surface area contributed by atoms with Gasteiger partial charge in [-0.05, 0) is 37.8 Å². The monoisotopic (exact) mass is 375 g/mol. The van der Waals surface area contributed by atoms with E-state index in [0.29, 0.717) is 5.82 Å². The minimum atomic E-state index is -1.23. The second kappa shape index (κ2) is 9.86. The summed E-state index contributed by atoms with van der Waals surface area (Å²) in [7, 11) is 0. The van der Waals surface area contributed by atoms with Gasteiger partial charge in [0.15, 0.2) is 11.7 Å². The first-order valence-corrected chi connectivity index (χ1v) is 9.34. The number of ether oxygens (including phenoxy) is 2. The number of nitrogens with zero attached hydrogens (tertiary/aromatic N) is 3. The van der Waals surface area contributed by atoms with Crippen LogP contribution in [0.5, 0.6) is 0 Å². The summed E-state index contributed by atoms with van der Waals surface area (Å²) in [4.78, 5) is 37.8. The third-order valence-corrected chi connectivity index (χ3v) is 4.20. The van der Waals surface area contributed by atoms with E-state index >= 15 is 0 Å². The Kier molecular flexibility index (Phi) is 7.53. The van der Waals surface area contributed by atoms with E-state index in [-0.39, 0.29) is 13.2 Å². The van der Waals surface area contributed by atoms with Gasteiger partial charge in [-0.15, -0.1) is 11.8 Å². The Morgan fingerprint density at radius 3 is 2.46 bits per heavy atom. The molecule has 0 fully saturated rings. The van der Waals surface area contributed by atoms with Crippen LogP contribution in [0, 0.1) is 5.92 Å². The van der Waals surface area contributed by atoms with Crippen LogP contribution in [0.2, 0.25) is 0 Å². The molecule has 0 unspecified atom stereocenters. The Labute approximate surface area is 156 Å². The standard InChI is InChI=1S/C18H21N3O4S/c1-4-24-17(22)14(18(23)25-5-2)10-19-16-13-9-12(26-6-3)7-8-15(13)20-11-21-16/h7-11,14H,4-6H2,1-3H3. The molecule has 0 amide bonds. The van der Waals surface area contributed by atoms with Gasteiger partial charge in [0.25, 0.3) is 0 Å². The predicted octanol–water partition coefficient (Wildman–Crippen LogP) is 3.19. The van der Waals surface area contributed by atoms with Crippen molar-refractivity contribution in [3.8, 4) is 0 Å². The van der Waals surface area contributed by atoms with Crippen LogP contribution in [-0.2, 0) is 19.1 Å². The molecule has 2 aromatic rings. The highest BCUT2D eigenvalue weighted by atomic mass is 32.2. The highest BCUT2D eigenvalue weighted by Crippen LogP contribution is 2.27. The zero-order valence-electron chi connectivity index (χ0n) is 15.0. The number of aliphatic imine (C=N–C) groups is 1. The molecule has 0 aliphatic carbocycles. The van der Waals surface area contributed by atoms with E-state index < -0.39 is 17.9 Å². The molecule has 0 aliphatic rings. The fraction of sp³-hybridized carbons (Fsp3) is 0.389. The minimum Gasteiger partial charge on any atom is -0.465 e. The van der Waals surface area contributed by atoms with E-state index in [1.165, 1.54) is 12.5 Å². The second-order valence-electron chi connectivity index (χ2n) is 5.07. The molecule has 138 valence electrons. The zero-order valence-corrected chi connectivity index (χ0v) is 15.8. The molecule has 2 rings (SSSR count). The van der Waals surface area contributed by atoms with Crippen LogP contribution in [-0.4, -0.2) is 47.1 Å². The van der Waals surface area contributed by atoms with Crippen LogP contribution in [0.3, 0.4) is 0 Å².